The maximum absolute atomic E-state index is 15.0. The summed E-state index contributed by atoms with van der Waals surface area (Å²) in [6, 6.07) is 28.9. The summed E-state index contributed by atoms with van der Waals surface area (Å²) in [4.78, 5) is 29.6. The second-order valence-corrected chi connectivity index (χ2v) is 12.6. The van der Waals surface area contributed by atoms with Crippen molar-refractivity contribution in [1.29, 1.82) is 0 Å². The second kappa shape index (κ2) is 14.8. The number of nitrogens with one attached hydrogen (secondary N) is 1. The van der Waals surface area contributed by atoms with E-state index in [9.17, 15) is 18.0 Å². The van der Waals surface area contributed by atoms with E-state index in [1.54, 1.807) is 67.6 Å². The summed E-state index contributed by atoms with van der Waals surface area (Å²) in [5.41, 5.74) is 1.99. The second-order valence-electron chi connectivity index (χ2n) is 10.7. The summed E-state index contributed by atoms with van der Waals surface area (Å²) in [6.45, 7) is 4.74. The molecule has 0 aliphatic heterocycles. The van der Waals surface area contributed by atoms with Crippen molar-refractivity contribution in [1.82, 2.24) is 10.2 Å². The number of rotatable bonds is 13. The molecule has 0 fully saturated rings. The lowest BCUT2D eigenvalue weighted by molar-refractivity contribution is -0.140. The standard InChI is InChI=1S/C35H38FN3O4S/c1-4-27(3)37-35(41)33(23-28-16-7-5-8-17-28)38(24-29-18-12-13-21-31(29)36)34(40)25-39(32-22-14-11-15-26(32)2)44(42,43)30-19-9-6-10-20-30/h5-22,27,33H,4,23-25H2,1-3H3,(H,37,41)/t27-,33-/m1/s1. The molecule has 0 aliphatic rings. The van der Waals surface area contributed by atoms with Gasteiger partial charge in [0.15, 0.2) is 0 Å². The first-order valence-corrected chi connectivity index (χ1v) is 16.1. The highest BCUT2D eigenvalue weighted by Gasteiger charge is 2.35. The molecule has 0 heterocycles. The lowest BCUT2D eigenvalue weighted by Gasteiger charge is -2.34. The summed E-state index contributed by atoms with van der Waals surface area (Å²) < 4.78 is 44.2. The van der Waals surface area contributed by atoms with Crippen molar-refractivity contribution in [2.75, 3.05) is 10.8 Å². The van der Waals surface area contributed by atoms with Crippen molar-refractivity contribution in [2.24, 2.45) is 0 Å². The average molecular weight is 616 g/mol. The van der Waals surface area contributed by atoms with E-state index in [4.69, 9.17) is 0 Å². The highest BCUT2D eigenvalue weighted by atomic mass is 32.2. The van der Waals surface area contributed by atoms with E-state index in [1.165, 1.54) is 23.1 Å². The largest absolute Gasteiger partial charge is 0.352 e. The SMILES string of the molecule is CC[C@@H](C)NC(=O)[C@@H](Cc1ccccc1)N(Cc1ccccc1F)C(=O)CN(c1ccccc1C)S(=O)(=O)c1ccccc1. The molecule has 0 saturated heterocycles. The zero-order chi connectivity index (χ0) is 31.7. The predicted octanol–water partition coefficient (Wildman–Crippen LogP) is 5.88. The van der Waals surface area contributed by atoms with Crippen LogP contribution in [-0.4, -0.2) is 43.8 Å². The van der Waals surface area contributed by atoms with E-state index in [1.807, 2.05) is 44.2 Å². The molecule has 0 spiro atoms. The fourth-order valence-electron chi connectivity index (χ4n) is 4.88. The molecule has 44 heavy (non-hydrogen) atoms. The van der Waals surface area contributed by atoms with E-state index in [0.29, 0.717) is 17.7 Å². The molecule has 0 unspecified atom stereocenters. The average Bonchev–Trinajstić information content (AvgIpc) is 3.03. The smallest absolute Gasteiger partial charge is 0.264 e. The Morgan fingerprint density at radius 1 is 0.841 bits per heavy atom. The fraction of sp³-hybridized carbons (Fsp3) is 0.257. The topological polar surface area (TPSA) is 86.8 Å². The van der Waals surface area contributed by atoms with Crippen LogP contribution in [0.15, 0.2) is 114 Å². The van der Waals surface area contributed by atoms with Gasteiger partial charge in [0.25, 0.3) is 10.0 Å². The number of aryl methyl sites for hydroxylation is 1. The first-order valence-electron chi connectivity index (χ1n) is 14.6. The van der Waals surface area contributed by atoms with Crippen LogP contribution in [0.4, 0.5) is 10.1 Å². The molecule has 230 valence electrons. The Hall–Kier alpha value is -4.50. The van der Waals surface area contributed by atoms with Crippen molar-refractivity contribution >= 4 is 27.5 Å². The first-order chi connectivity index (χ1) is 21.1. The molecule has 2 atom stereocenters. The monoisotopic (exact) mass is 615 g/mol. The number of para-hydroxylation sites is 1. The summed E-state index contributed by atoms with van der Waals surface area (Å²) in [7, 11) is -4.20. The molecule has 0 bridgehead atoms. The van der Waals surface area contributed by atoms with E-state index >= 15 is 4.39 Å². The van der Waals surface area contributed by atoms with Gasteiger partial charge in [0.2, 0.25) is 11.8 Å². The van der Waals surface area contributed by atoms with Gasteiger partial charge >= 0.3 is 0 Å². The molecular formula is C35H38FN3O4S. The number of nitrogens with zero attached hydrogens (tertiary/aromatic N) is 2. The summed E-state index contributed by atoms with van der Waals surface area (Å²) in [5.74, 6) is -1.57. The number of benzene rings is 4. The molecule has 1 N–H and O–H groups in total. The van der Waals surface area contributed by atoms with E-state index in [2.05, 4.69) is 5.32 Å². The third kappa shape index (κ3) is 7.90. The number of anilines is 1. The molecule has 7 nitrogen and oxygen atoms in total. The molecule has 0 radical (unpaired) electrons. The van der Waals surface area contributed by atoms with Crippen molar-refractivity contribution in [3.05, 3.63) is 132 Å². The van der Waals surface area contributed by atoms with Crippen LogP contribution >= 0.6 is 0 Å². The number of carbonyl (C=O) groups excluding carboxylic acids is 2. The number of sulfonamides is 1. The van der Waals surface area contributed by atoms with Gasteiger partial charge in [-0.15, -0.1) is 0 Å². The van der Waals surface area contributed by atoms with Crippen molar-refractivity contribution < 1.29 is 22.4 Å². The molecule has 4 rings (SSSR count). The zero-order valence-electron chi connectivity index (χ0n) is 25.2. The van der Waals surface area contributed by atoms with Crippen LogP contribution in [0.1, 0.15) is 37.0 Å². The Labute approximate surface area is 259 Å². The van der Waals surface area contributed by atoms with E-state index in [-0.39, 0.29) is 29.5 Å². The van der Waals surface area contributed by atoms with Gasteiger partial charge in [0, 0.05) is 24.6 Å². The van der Waals surface area contributed by atoms with Gasteiger partial charge in [-0.3, -0.25) is 13.9 Å². The lowest BCUT2D eigenvalue weighted by Crippen LogP contribution is -2.54. The highest BCUT2D eigenvalue weighted by Crippen LogP contribution is 2.28. The van der Waals surface area contributed by atoms with Gasteiger partial charge in [-0.05, 0) is 55.7 Å². The maximum Gasteiger partial charge on any atom is 0.264 e. The number of amides is 2. The van der Waals surface area contributed by atoms with Gasteiger partial charge in [0.05, 0.1) is 10.6 Å². The van der Waals surface area contributed by atoms with Gasteiger partial charge in [0.1, 0.15) is 18.4 Å². The lowest BCUT2D eigenvalue weighted by atomic mass is 10.0. The minimum absolute atomic E-state index is 0.0204. The number of carbonyl (C=O) groups is 2. The molecule has 4 aromatic carbocycles. The van der Waals surface area contributed by atoms with Crippen LogP contribution in [0.25, 0.3) is 0 Å². The fourth-order valence-corrected chi connectivity index (χ4v) is 6.38. The van der Waals surface area contributed by atoms with E-state index < -0.39 is 40.2 Å². The maximum atomic E-state index is 15.0. The Balaban J connectivity index is 1.82. The van der Waals surface area contributed by atoms with Gasteiger partial charge < -0.3 is 10.2 Å². The summed E-state index contributed by atoms with van der Waals surface area (Å²) in [5, 5.41) is 2.98. The molecule has 2 amide bonds. The van der Waals surface area contributed by atoms with Gasteiger partial charge in [-0.25, -0.2) is 12.8 Å². The third-order valence-electron chi connectivity index (χ3n) is 7.56. The Morgan fingerprint density at radius 3 is 2.07 bits per heavy atom. The van der Waals surface area contributed by atoms with Crippen LogP contribution in [0.5, 0.6) is 0 Å². The zero-order valence-corrected chi connectivity index (χ0v) is 26.0. The molecule has 0 aliphatic carbocycles. The highest BCUT2D eigenvalue weighted by molar-refractivity contribution is 7.92. The molecule has 9 heteroatoms. The van der Waals surface area contributed by atoms with Gasteiger partial charge in [-0.1, -0.05) is 91.9 Å². The van der Waals surface area contributed by atoms with Crippen LogP contribution in [0.3, 0.4) is 0 Å². The van der Waals surface area contributed by atoms with Gasteiger partial charge in [-0.2, -0.15) is 0 Å². The number of halogens is 1. The van der Waals surface area contributed by atoms with Crippen LogP contribution in [-0.2, 0) is 32.6 Å². The van der Waals surface area contributed by atoms with Crippen molar-refractivity contribution in [2.45, 2.75) is 57.1 Å². The number of hydrogen-bond acceptors (Lipinski definition) is 4. The Kier molecular flexibility index (Phi) is 10.9. The summed E-state index contributed by atoms with van der Waals surface area (Å²) in [6.07, 6.45) is 0.820. The molecular weight excluding hydrogens is 577 g/mol. The molecule has 4 aromatic rings. The predicted molar refractivity (Wildman–Crippen MR) is 171 cm³/mol. The van der Waals surface area contributed by atoms with E-state index in [0.717, 1.165) is 9.87 Å². The number of hydrogen-bond donors (Lipinski definition) is 1. The third-order valence-corrected chi connectivity index (χ3v) is 9.34. The Bertz CT molecular complexity index is 1670. The van der Waals surface area contributed by atoms with Crippen molar-refractivity contribution in [3.63, 3.8) is 0 Å². The first kappa shape index (κ1) is 32.4. The Morgan fingerprint density at radius 2 is 1.43 bits per heavy atom. The quantitative estimate of drug-likeness (QED) is 0.203. The summed E-state index contributed by atoms with van der Waals surface area (Å²) >= 11 is 0. The van der Waals surface area contributed by atoms with Crippen LogP contribution < -0.4 is 9.62 Å². The minimum Gasteiger partial charge on any atom is -0.352 e. The minimum atomic E-state index is -4.20. The van der Waals surface area contributed by atoms with Crippen LogP contribution in [0, 0.1) is 12.7 Å². The van der Waals surface area contributed by atoms with Crippen LogP contribution in [0.2, 0.25) is 0 Å². The molecule has 0 aromatic heterocycles. The van der Waals surface area contributed by atoms with Crippen molar-refractivity contribution in [3.8, 4) is 0 Å². The normalized spacial score (nSPS) is 12.6. The molecule has 0 saturated carbocycles.